The van der Waals surface area contributed by atoms with Gasteiger partial charge in [-0.05, 0) is 30.5 Å². The molecule has 0 aliphatic rings. The molecule has 3 nitrogen and oxygen atoms in total. The van der Waals surface area contributed by atoms with Gasteiger partial charge in [0.15, 0.2) is 0 Å². The highest BCUT2D eigenvalue weighted by Gasteiger charge is 2.08. The Balaban J connectivity index is 1.90. The van der Waals surface area contributed by atoms with Gasteiger partial charge < -0.3 is 0 Å². The Morgan fingerprint density at radius 1 is 0.815 bits per heavy atom. The SMILES string of the molecule is [CH2]CCCCCCCCCCCCCOOC(=O)c1ccc(CCC)cc1. The van der Waals surface area contributed by atoms with Crippen molar-refractivity contribution in [2.45, 2.75) is 96.8 Å². The third-order valence-corrected chi connectivity index (χ3v) is 4.84. The Kier molecular flexibility index (Phi) is 14.7. The molecule has 0 heterocycles. The van der Waals surface area contributed by atoms with E-state index >= 15 is 0 Å². The average molecular weight is 376 g/mol. The van der Waals surface area contributed by atoms with Crippen LogP contribution in [-0.2, 0) is 16.2 Å². The molecule has 0 unspecified atom stereocenters. The van der Waals surface area contributed by atoms with Gasteiger partial charge in [-0.2, -0.15) is 4.89 Å². The number of rotatable bonds is 17. The summed E-state index contributed by atoms with van der Waals surface area (Å²) in [4.78, 5) is 21.8. The van der Waals surface area contributed by atoms with Crippen molar-refractivity contribution in [1.29, 1.82) is 0 Å². The summed E-state index contributed by atoms with van der Waals surface area (Å²) in [5.41, 5.74) is 1.78. The van der Waals surface area contributed by atoms with Gasteiger partial charge in [-0.15, -0.1) is 0 Å². The van der Waals surface area contributed by atoms with Crippen LogP contribution in [0.2, 0.25) is 0 Å². The molecule has 1 aromatic carbocycles. The molecular weight excluding hydrogens is 336 g/mol. The van der Waals surface area contributed by atoms with Crippen LogP contribution in [0.3, 0.4) is 0 Å². The monoisotopic (exact) mass is 375 g/mol. The van der Waals surface area contributed by atoms with Gasteiger partial charge in [0.25, 0.3) is 0 Å². The number of hydrogen-bond acceptors (Lipinski definition) is 3. The molecule has 1 rings (SSSR count). The molecule has 0 amide bonds. The van der Waals surface area contributed by atoms with Crippen LogP contribution in [-0.4, -0.2) is 12.6 Å². The van der Waals surface area contributed by atoms with E-state index in [2.05, 4.69) is 13.8 Å². The summed E-state index contributed by atoms with van der Waals surface area (Å²) in [6.45, 7) is 6.50. The van der Waals surface area contributed by atoms with E-state index in [0.717, 1.165) is 32.1 Å². The summed E-state index contributed by atoms with van der Waals surface area (Å²) >= 11 is 0. The maximum absolute atomic E-state index is 11.9. The lowest BCUT2D eigenvalue weighted by Gasteiger charge is -2.05. The predicted molar refractivity (Wildman–Crippen MR) is 113 cm³/mol. The molecule has 3 heteroatoms. The number of unbranched alkanes of at least 4 members (excludes halogenated alkanes) is 11. The number of carbonyl (C=O) groups excluding carboxylic acids is 1. The molecule has 0 atom stereocenters. The molecular formula is C24H39O3. The van der Waals surface area contributed by atoms with E-state index in [-0.39, 0.29) is 0 Å². The second-order valence-electron chi connectivity index (χ2n) is 7.38. The van der Waals surface area contributed by atoms with Crippen LogP contribution in [0.1, 0.15) is 106 Å². The molecule has 0 saturated heterocycles. The van der Waals surface area contributed by atoms with Gasteiger partial charge in [0.2, 0.25) is 0 Å². The van der Waals surface area contributed by atoms with Crippen molar-refractivity contribution in [2.24, 2.45) is 0 Å². The third kappa shape index (κ3) is 12.6. The second-order valence-corrected chi connectivity index (χ2v) is 7.38. The van der Waals surface area contributed by atoms with Crippen molar-refractivity contribution in [3.05, 3.63) is 42.3 Å². The van der Waals surface area contributed by atoms with Crippen molar-refractivity contribution in [1.82, 2.24) is 0 Å². The predicted octanol–water partition coefficient (Wildman–Crippen LogP) is 7.24. The Bertz CT molecular complexity index is 467. The zero-order chi connectivity index (χ0) is 19.6. The van der Waals surface area contributed by atoms with Crippen LogP contribution in [0.4, 0.5) is 0 Å². The standard InChI is InChI=1S/C24H39O3/c1-3-5-6-7-8-9-10-11-12-13-14-15-21-26-27-24(25)23-19-17-22(16-4-2)18-20-23/h17-20H,1,3-16,21H2,2H3. The van der Waals surface area contributed by atoms with E-state index < -0.39 is 5.97 Å². The minimum absolute atomic E-state index is 0.409. The summed E-state index contributed by atoms with van der Waals surface area (Å²) in [7, 11) is 0. The van der Waals surface area contributed by atoms with E-state index in [0.29, 0.717) is 12.2 Å². The fourth-order valence-electron chi connectivity index (χ4n) is 3.17. The minimum Gasteiger partial charge on any atom is -0.293 e. The van der Waals surface area contributed by atoms with Crippen molar-refractivity contribution in [2.75, 3.05) is 6.61 Å². The van der Waals surface area contributed by atoms with Gasteiger partial charge in [-0.3, -0.25) is 4.89 Å². The molecule has 0 fully saturated rings. The van der Waals surface area contributed by atoms with E-state index in [1.165, 1.54) is 63.4 Å². The van der Waals surface area contributed by atoms with Crippen LogP contribution < -0.4 is 0 Å². The Labute approximate surface area is 166 Å². The Morgan fingerprint density at radius 3 is 1.85 bits per heavy atom. The molecule has 0 aromatic heterocycles. The van der Waals surface area contributed by atoms with Gasteiger partial charge in [0.1, 0.15) is 0 Å². The molecule has 27 heavy (non-hydrogen) atoms. The van der Waals surface area contributed by atoms with Gasteiger partial charge in [-0.1, -0.05) is 103 Å². The average Bonchev–Trinajstić information content (AvgIpc) is 2.69. The fourth-order valence-corrected chi connectivity index (χ4v) is 3.17. The molecule has 0 spiro atoms. The van der Waals surface area contributed by atoms with Crippen LogP contribution in [0.15, 0.2) is 24.3 Å². The molecule has 0 aliphatic heterocycles. The number of carbonyl (C=O) groups is 1. The first kappa shape index (κ1) is 23.7. The Morgan fingerprint density at radius 2 is 1.33 bits per heavy atom. The van der Waals surface area contributed by atoms with Gasteiger partial charge in [0, 0.05) is 0 Å². The molecule has 1 aromatic rings. The van der Waals surface area contributed by atoms with E-state index in [9.17, 15) is 4.79 Å². The summed E-state index contributed by atoms with van der Waals surface area (Å²) in [5.74, 6) is -0.409. The van der Waals surface area contributed by atoms with Gasteiger partial charge >= 0.3 is 5.97 Å². The highest BCUT2D eigenvalue weighted by molar-refractivity contribution is 5.88. The molecule has 0 saturated carbocycles. The topological polar surface area (TPSA) is 35.5 Å². The number of aryl methyl sites for hydroxylation is 1. The second kappa shape index (κ2) is 16.8. The molecule has 153 valence electrons. The van der Waals surface area contributed by atoms with Crippen LogP contribution >= 0.6 is 0 Å². The van der Waals surface area contributed by atoms with E-state index in [1.807, 2.05) is 12.1 Å². The zero-order valence-corrected chi connectivity index (χ0v) is 17.3. The van der Waals surface area contributed by atoms with E-state index in [1.54, 1.807) is 12.1 Å². The highest BCUT2D eigenvalue weighted by atomic mass is 17.2. The normalized spacial score (nSPS) is 10.9. The summed E-state index contributed by atoms with van der Waals surface area (Å²) in [5, 5.41) is 0. The largest absolute Gasteiger partial charge is 0.373 e. The first-order chi connectivity index (χ1) is 13.3. The third-order valence-electron chi connectivity index (χ3n) is 4.84. The summed E-state index contributed by atoms with van der Waals surface area (Å²) < 4.78 is 0. The van der Waals surface area contributed by atoms with Crippen LogP contribution in [0.25, 0.3) is 0 Å². The van der Waals surface area contributed by atoms with Crippen LogP contribution in [0.5, 0.6) is 0 Å². The zero-order valence-electron chi connectivity index (χ0n) is 17.3. The molecule has 0 N–H and O–H groups in total. The van der Waals surface area contributed by atoms with Crippen molar-refractivity contribution in [3.63, 3.8) is 0 Å². The highest BCUT2D eigenvalue weighted by Crippen LogP contribution is 2.12. The van der Waals surface area contributed by atoms with Crippen LogP contribution in [0, 0.1) is 6.92 Å². The fraction of sp³-hybridized carbons (Fsp3) is 0.667. The lowest BCUT2D eigenvalue weighted by molar-refractivity contribution is -0.241. The first-order valence-electron chi connectivity index (χ1n) is 11.0. The van der Waals surface area contributed by atoms with Crippen molar-refractivity contribution in [3.8, 4) is 0 Å². The number of benzene rings is 1. The van der Waals surface area contributed by atoms with E-state index in [4.69, 9.17) is 9.78 Å². The summed E-state index contributed by atoms with van der Waals surface area (Å²) in [6.07, 6.45) is 17.2. The smallest absolute Gasteiger partial charge is 0.293 e. The molecule has 0 bridgehead atoms. The van der Waals surface area contributed by atoms with Crippen molar-refractivity contribution >= 4 is 5.97 Å². The first-order valence-corrected chi connectivity index (χ1v) is 11.0. The maximum atomic E-state index is 11.9. The lowest BCUT2D eigenvalue weighted by atomic mass is 10.1. The lowest BCUT2D eigenvalue weighted by Crippen LogP contribution is -2.07. The van der Waals surface area contributed by atoms with Gasteiger partial charge in [-0.25, -0.2) is 4.79 Å². The Hall–Kier alpha value is -1.35. The van der Waals surface area contributed by atoms with Gasteiger partial charge in [0.05, 0.1) is 12.2 Å². The maximum Gasteiger partial charge on any atom is 0.373 e. The molecule has 1 radical (unpaired) electrons. The number of hydrogen-bond donors (Lipinski definition) is 0. The minimum atomic E-state index is -0.409. The van der Waals surface area contributed by atoms with Crippen molar-refractivity contribution < 1.29 is 14.6 Å². The summed E-state index contributed by atoms with van der Waals surface area (Å²) in [6, 6.07) is 7.56. The molecule has 0 aliphatic carbocycles. The quantitative estimate of drug-likeness (QED) is 0.163.